The predicted molar refractivity (Wildman–Crippen MR) is 84.5 cm³/mol. The van der Waals surface area contributed by atoms with Gasteiger partial charge < -0.3 is 5.32 Å². The van der Waals surface area contributed by atoms with Crippen LogP contribution in [0.15, 0.2) is 47.8 Å². The van der Waals surface area contributed by atoms with E-state index in [9.17, 15) is 0 Å². The molecule has 0 amide bonds. The van der Waals surface area contributed by atoms with Crippen molar-refractivity contribution in [2.24, 2.45) is 0 Å². The average Bonchev–Trinajstić information content (AvgIpc) is 2.94. The van der Waals surface area contributed by atoms with Crippen LogP contribution in [0.3, 0.4) is 0 Å². The number of hydrogen-bond donors (Lipinski definition) is 1. The van der Waals surface area contributed by atoms with Crippen LogP contribution < -0.4 is 5.32 Å². The summed E-state index contributed by atoms with van der Waals surface area (Å²) in [7, 11) is 0. The molecule has 3 aromatic rings. The highest BCUT2D eigenvalue weighted by Crippen LogP contribution is 2.26. The van der Waals surface area contributed by atoms with Gasteiger partial charge in [-0.1, -0.05) is 18.2 Å². The number of rotatable bonds is 3. The zero-order valence-corrected chi connectivity index (χ0v) is 12.2. The zero-order valence-electron chi connectivity index (χ0n) is 11.4. The number of thiazole rings is 1. The van der Waals surface area contributed by atoms with Crippen LogP contribution in [-0.2, 0) is 0 Å². The molecule has 0 spiro atoms. The Balaban J connectivity index is 1.88. The number of nitriles is 1. The van der Waals surface area contributed by atoms with Crippen molar-refractivity contribution in [1.82, 2.24) is 9.97 Å². The molecule has 1 N–H and O–H groups in total. The summed E-state index contributed by atoms with van der Waals surface area (Å²) in [5.74, 6) is 0.654. The van der Waals surface area contributed by atoms with E-state index in [4.69, 9.17) is 5.26 Å². The first-order valence-electron chi connectivity index (χ1n) is 6.41. The van der Waals surface area contributed by atoms with Crippen LogP contribution in [0.5, 0.6) is 0 Å². The van der Waals surface area contributed by atoms with E-state index in [0.717, 1.165) is 22.0 Å². The summed E-state index contributed by atoms with van der Waals surface area (Å²) in [5, 5.41) is 15.1. The Morgan fingerprint density at radius 2 is 2.00 bits per heavy atom. The maximum absolute atomic E-state index is 8.88. The van der Waals surface area contributed by atoms with Crippen LogP contribution in [0.1, 0.15) is 11.4 Å². The molecule has 4 nitrogen and oxygen atoms in total. The Hall–Kier alpha value is -2.71. The van der Waals surface area contributed by atoms with Gasteiger partial charge in [-0.15, -0.1) is 11.3 Å². The third kappa shape index (κ3) is 3.07. The molecule has 1 aromatic carbocycles. The van der Waals surface area contributed by atoms with Gasteiger partial charge in [-0.25, -0.2) is 9.97 Å². The van der Waals surface area contributed by atoms with Crippen molar-refractivity contribution < 1.29 is 0 Å². The molecular weight excluding hydrogens is 280 g/mol. The minimum absolute atomic E-state index is 0.395. The smallest absolute Gasteiger partial charge is 0.142 e. The quantitative estimate of drug-likeness (QED) is 0.788. The van der Waals surface area contributed by atoms with Crippen LogP contribution in [0.2, 0.25) is 0 Å². The van der Waals surface area contributed by atoms with E-state index in [1.807, 2.05) is 54.8 Å². The zero-order chi connectivity index (χ0) is 14.7. The predicted octanol–water partition coefficient (Wildman–Crippen LogP) is 4.13. The normalized spacial score (nSPS) is 10.1. The first-order valence-corrected chi connectivity index (χ1v) is 7.29. The first-order chi connectivity index (χ1) is 10.2. The third-order valence-electron chi connectivity index (χ3n) is 2.86. The van der Waals surface area contributed by atoms with Gasteiger partial charge in [0.05, 0.1) is 0 Å². The molecule has 0 atom stereocenters. The van der Waals surface area contributed by atoms with E-state index in [1.165, 1.54) is 0 Å². The lowest BCUT2D eigenvalue weighted by Crippen LogP contribution is -1.95. The van der Waals surface area contributed by atoms with E-state index in [1.54, 1.807) is 17.4 Å². The van der Waals surface area contributed by atoms with E-state index >= 15 is 0 Å². The SMILES string of the molecule is Cc1csc(-c2cccc(Nc3cccc(C#N)n3)c2)n1. The second kappa shape index (κ2) is 5.73. The maximum Gasteiger partial charge on any atom is 0.142 e. The number of nitrogens with one attached hydrogen (secondary N) is 1. The molecule has 21 heavy (non-hydrogen) atoms. The molecule has 0 saturated carbocycles. The van der Waals surface area contributed by atoms with Crippen LogP contribution in [-0.4, -0.2) is 9.97 Å². The fraction of sp³-hybridized carbons (Fsp3) is 0.0625. The van der Waals surface area contributed by atoms with Gasteiger partial charge in [0.15, 0.2) is 0 Å². The lowest BCUT2D eigenvalue weighted by atomic mass is 10.2. The maximum atomic E-state index is 8.88. The Morgan fingerprint density at radius 3 is 2.76 bits per heavy atom. The minimum atomic E-state index is 0.395. The molecule has 2 aromatic heterocycles. The van der Waals surface area contributed by atoms with Crippen LogP contribution in [0.25, 0.3) is 10.6 Å². The second-order valence-electron chi connectivity index (χ2n) is 4.52. The molecular formula is C16H12N4S. The van der Waals surface area contributed by atoms with Crippen LogP contribution in [0.4, 0.5) is 11.5 Å². The largest absolute Gasteiger partial charge is 0.340 e. The molecule has 0 radical (unpaired) electrons. The van der Waals surface area contributed by atoms with Gasteiger partial charge in [0.2, 0.25) is 0 Å². The molecule has 2 heterocycles. The lowest BCUT2D eigenvalue weighted by Gasteiger charge is -2.06. The molecule has 0 unspecified atom stereocenters. The topological polar surface area (TPSA) is 61.6 Å². The van der Waals surface area contributed by atoms with Crippen molar-refractivity contribution in [3.05, 3.63) is 59.2 Å². The number of hydrogen-bond acceptors (Lipinski definition) is 5. The van der Waals surface area contributed by atoms with Gasteiger partial charge in [-0.3, -0.25) is 0 Å². The summed E-state index contributed by atoms with van der Waals surface area (Å²) in [4.78, 5) is 8.70. The van der Waals surface area contributed by atoms with Crippen molar-refractivity contribution in [2.45, 2.75) is 6.92 Å². The number of anilines is 2. The van der Waals surface area contributed by atoms with Crippen molar-refractivity contribution in [3.8, 4) is 16.6 Å². The fourth-order valence-electron chi connectivity index (χ4n) is 1.93. The monoisotopic (exact) mass is 292 g/mol. The second-order valence-corrected chi connectivity index (χ2v) is 5.38. The van der Waals surface area contributed by atoms with Crippen molar-refractivity contribution in [3.63, 3.8) is 0 Å². The standard InChI is InChI=1S/C16H12N4S/c1-11-10-21-16(18-11)12-4-2-5-13(8-12)19-15-7-3-6-14(9-17)20-15/h2-8,10H,1H3,(H,19,20). The number of aryl methyl sites for hydroxylation is 1. The summed E-state index contributed by atoms with van der Waals surface area (Å²) in [6.07, 6.45) is 0. The molecule has 0 aliphatic carbocycles. The van der Waals surface area contributed by atoms with Crippen molar-refractivity contribution >= 4 is 22.8 Å². The summed E-state index contributed by atoms with van der Waals surface area (Å²) in [6, 6.07) is 15.4. The van der Waals surface area contributed by atoms with E-state index in [2.05, 4.69) is 15.3 Å². The van der Waals surface area contributed by atoms with Gasteiger partial charge in [-0.2, -0.15) is 5.26 Å². The van der Waals surface area contributed by atoms with Crippen LogP contribution in [0, 0.1) is 18.3 Å². The molecule has 0 fully saturated rings. The Labute approximate surface area is 126 Å². The van der Waals surface area contributed by atoms with E-state index in [-0.39, 0.29) is 0 Å². The van der Waals surface area contributed by atoms with Gasteiger partial charge in [0, 0.05) is 22.3 Å². The third-order valence-corrected chi connectivity index (χ3v) is 3.87. The van der Waals surface area contributed by atoms with E-state index in [0.29, 0.717) is 11.5 Å². The number of pyridine rings is 1. The first kappa shape index (κ1) is 13.3. The molecule has 0 aliphatic heterocycles. The summed E-state index contributed by atoms with van der Waals surface area (Å²) >= 11 is 1.63. The highest BCUT2D eigenvalue weighted by atomic mass is 32.1. The Bertz CT molecular complexity index is 817. The van der Waals surface area contributed by atoms with E-state index < -0.39 is 0 Å². The van der Waals surface area contributed by atoms with Gasteiger partial charge >= 0.3 is 0 Å². The Morgan fingerprint density at radius 1 is 1.14 bits per heavy atom. The summed E-state index contributed by atoms with van der Waals surface area (Å²) in [6.45, 7) is 1.99. The Kier molecular flexibility index (Phi) is 3.63. The van der Waals surface area contributed by atoms with Crippen molar-refractivity contribution in [1.29, 1.82) is 5.26 Å². The van der Waals surface area contributed by atoms with Crippen LogP contribution >= 0.6 is 11.3 Å². The molecule has 3 rings (SSSR count). The summed E-state index contributed by atoms with van der Waals surface area (Å²) < 4.78 is 0. The average molecular weight is 292 g/mol. The minimum Gasteiger partial charge on any atom is -0.340 e. The lowest BCUT2D eigenvalue weighted by molar-refractivity contribution is 1.25. The molecule has 102 valence electrons. The number of benzene rings is 1. The van der Waals surface area contributed by atoms with Gasteiger partial charge in [0.1, 0.15) is 22.6 Å². The number of nitrogens with zero attached hydrogens (tertiary/aromatic N) is 3. The molecule has 0 bridgehead atoms. The number of aromatic nitrogens is 2. The highest BCUT2D eigenvalue weighted by Gasteiger charge is 2.04. The molecule has 0 aliphatic rings. The van der Waals surface area contributed by atoms with Crippen molar-refractivity contribution in [2.75, 3.05) is 5.32 Å². The molecule has 5 heteroatoms. The fourth-order valence-corrected chi connectivity index (χ4v) is 2.73. The summed E-state index contributed by atoms with van der Waals surface area (Å²) in [5.41, 5.74) is 3.40. The van der Waals surface area contributed by atoms with Gasteiger partial charge in [0.25, 0.3) is 0 Å². The molecule has 0 saturated heterocycles. The van der Waals surface area contributed by atoms with Gasteiger partial charge in [-0.05, 0) is 31.2 Å². The highest BCUT2D eigenvalue weighted by molar-refractivity contribution is 7.13.